The van der Waals surface area contributed by atoms with Crippen LogP contribution in [0.5, 0.6) is 0 Å². The van der Waals surface area contributed by atoms with E-state index in [-0.39, 0.29) is 22.2 Å². The van der Waals surface area contributed by atoms with Crippen molar-refractivity contribution in [3.05, 3.63) is 0 Å². The summed E-state index contributed by atoms with van der Waals surface area (Å²) in [4.78, 5) is 11.8. The maximum absolute atomic E-state index is 11.8. The molecule has 4 heteroatoms. The topological polar surface area (TPSA) is 52.5 Å². The molecule has 0 aromatic carbocycles. The summed E-state index contributed by atoms with van der Waals surface area (Å²) in [6.07, 6.45) is 0. The number of carbonyl (C=O) groups is 1. The zero-order valence-electron chi connectivity index (χ0n) is 10.8. The van der Waals surface area contributed by atoms with Crippen LogP contribution in [0.4, 0.5) is 0 Å². The van der Waals surface area contributed by atoms with Crippen LogP contribution in [0.2, 0.25) is 0 Å². The Morgan fingerprint density at radius 2 is 1.67 bits per heavy atom. The highest BCUT2D eigenvalue weighted by Gasteiger charge is 2.31. The Hall–Kier alpha value is -0.900. The molecule has 4 nitrogen and oxygen atoms in total. The van der Waals surface area contributed by atoms with E-state index in [0.29, 0.717) is 0 Å². The SMILES string of the molecule is CC(C)C(=O)C(C)(C)/C([O-])=N/[N+](C)(C)C. The lowest BCUT2D eigenvalue weighted by Gasteiger charge is -2.32. The number of Topliss-reactive ketones (excluding diaryl/α,β-unsaturated/α-hetero) is 1. The third-order valence-electron chi connectivity index (χ3n) is 2.07. The van der Waals surface area contributed by atoms with Gasteiger partial charge in [-0.1, -0.05) is 13.8 Å². The predicted octanol–water partition coefficient (Wildman–Crippen LogP) is 0.618. The first-order valence-electron chi connectivity index (χ1n) is 5.12. The van der Waals surface area contributed by atoms with E-state index in [2.05, 4.69) is 5.10 Å². The van der Waals surface area contributed by atoms with Gasteiger partial charge in [-0.15, -0.1) is 5.10 Å². The van der Waals surface area contributed by atoms with Crippen molar-refractivity contribution in [3.63, 3.8) is 0 Å². The second kappa shape index (κ2) is 4.31. The highest BCUT2D eigenvalue weighted by molar-refractivity contribution is 6.04. The normalized spacial score (nSPS) is 14.5. The molecule has 0 saturated heterocycles. The summed E-state index contributed by atoms with van der Waals surface area (Å²) < 4.78 is 0.188. The third kappa shape index (κ3) is 4.00. The van der Waals surface area contributed by atoms with Gasteiger partial charge in [-0.05, 0) is 13.8 Å². The van der Waals surface area contributed by atoms with E-state index in [1.165, 1.54) is 0 Å². The molecular weight excluding hydrogens is 192 g/mol. The molecule has 0 aromatic rings. The van der Waals surface area contributed by atoms with Gasteiger partial charge < -0.3 is 5.11 Å². The van der Waals surface area contributed by atoms with Crippen molar-refractivity contribution in [2.75, 3.05) is 21.1 Å². The van der Waals surface area contributed by atoms with Crippen molar-refractivity contribution in [1.29, 1.82) is 0 Å². The van der Waals surface area contributed by atoms with Gasteiger partial charge >= 0.3 is 0 Å². The van der Waals surface area contributed by atoms with Gasteiger partial charge in [0.05, 0.1) is 26.6 Å². The van der Waals surface area contributed by atoms with Crippen LogP contribution in [0.25, 0.3) is 0 Å². The average Bonchev–Trinajstić information content (AvgIpc) is 1.99. The molecule has 0 aliphatic rings. The fourth-order valence-electron chi connectivity index (χ4n) is 1.22. The van der Waals surface area contributed by atoms with Crippen LogP contribution in [-0.2, 0) is 4.79 Å². The zero-order valence-corrected chi connectivity index (χ0v) is 10.8. The van der Waals surface area contributed by atoms with E-state index in [4.69, 9.17) is 0 Å². The molecule has 0 rings (SSSR count). The minimum Gasteiger partial charge on any atom is -0.857 e. The quantitative estimate of drug-likeness (QED) is 0.298. The number of quaternary nitrogens is 1. The monoisotopic (exact) mass is 214 g/mol. The summed E-state index contributed by atoms with van der Waals surface area (Å²) in [5, 5.41) is 15.8. The molecule has 0 saturated carbocycles. The van der Waals surface area contributed by atoms with Gasteiger partial charge in [0.1, 0.15) is 5.78 Å². The standard InChI is InChI=1S/C11H22N2O2/c1-8(2)9(14)11(3,4)10(15)12-13(5,6)7/h8H,1-7H3. The molecule has 0 spiro atoms. The minimum atomic E-state index is -1.01. The first-order valence-corrected chi connectivity index (χ1v) is 5.12. The molecule has 0 atom stereocenters. The Balaban J connectivity index is 5.05. The second-order valence-electron chi connectivity index (χ2n) is 5.49. The molecule has 0 aromatic heterocycles. The molecule has 0 fully saturated rings. The summed E-state index contributed by atoms with van der Waals surface area (Å²) in [5.41, 5.74) is -1.01. The van der Waals surface area contributed by atoms with Crippen molar-refractivity contribution in [2.24, 2.45) is 16.4 Å². The molecule has 0 bridgehead atoms. The summed E-state index contributed by atoms with van der Waals surface area (Å²) >= 11 is 0. The number of carbonyl (C=O) groups excluding carboxylic acids is 1. The van der Waals surface area contributed by atoms with Gasteiger partial charge in [0, 0.05) is 11.8 Å². The molecule has 88 valence electrons. The van der Waals surface area contributed by atoms with Crippen molar-refractivity contribution >= 4 is 11.7 Å². The van der Waals surface area contributed by atoms with Gasteiger partial charge in [-0.3, -0.25) is 4.79 Å². The predicted molar refractivity (Wildman–Crippen MR) is 59.1 cm³/mol. The summed E-state index contributed by atoms with van der Waals surface area (Å²) in [7, 11) is 5.36. The van der Waals surface area contributed by atoms with Crippen molar-refractivity contribution in [3.8, 4) is 0 Å². The van der Waals surface area contributed by atoms with E-state index in [1.807, 2.05) is 0 Å². The van der Waals surface area contributed by atoms with Gasteiger partial charge in [-0.2, -0.15) is 0 Å². The van der Waals surface area contributed by atoms with Crippen LogP contribution in [-0.4, -0.2) is 37.4 Å². The first-order chi connectivity index (χ1) is 6.48. The molecule has 0 unspecified atom stereocenters. The lowest BCUT2D eigenvalue weighted by atomic mass is 9.82. The number of ketones is 1. The smallest absolute Gasteiger partial charge is 0.145 e. The van der Waals surface area contributed by atoms with Gasteiger partial charge in [0.15, 0.2) is 0 Å². The molecular formula is C11H22N2O2. The Morgan fingerprint density at radius 1 is 1.27 bits per heavy atom. The largest absolute Gasteiger partial charge is 0.857 e. The minimum absolute atomic E-state index is 0.0651. The van der Waals surface area contributed by atoms with Gasteiger partial charge in [-0.25, -0.2) is 4.59 Å². The number of hydrogen-bond donors (Lipinski definition) is 0. The van der Waals surface area contributed by atoms with Gasteiger partial charge in [0.2, 0.25) is 0 Å². The van der Waals surface area contributed by atoms with E-state index in [1.54, 1.807) is 48.8 Å². The molecule has 0 aliphatic carbocycles. The molecule has 0 N–H and O–H groups in total. The second-order valence-corrected chi connectivity index (χ2v) is 5.49. The zero-order chi connectivity index (χ0) is 12.4. The summed E-state index contributed by atoms with van der Waals surface area (Å²) in [6.45, 7) is 6.86. The van der Waals surface area contributed by atoms with Crippen LogP contribution >= 0.6 is 0 Å². The average molecular weight is 214 g/mol. The van der Waals surface area contributed by atoms with E-state index >= 15 is 0 Å². The lowest BCUT2D eigenvalue weighted by molar-refractivity contribution is -0.878. The molecule has 0 heterocycles. The number of nitrogens with zero attached hydrogens (tertiary/aromatic N) is 2. The summed E-state index contributed by atoms with van der Waals surface area (Å²) in [5.74, 6) is -0.565. The van der Waals surface area contributed by atoms with Crippen LogP contribution in [0, 0.1) is 11.3 Å². The third-order valence-corrected chi connectivity index (χ3v) is 2.07. The van der Waals surface area contributed by atoms with E-state index in [0.717, 1.165) is 0 Å². The van der Waals surface area contributed by atoms with E-state index in [9.17, 15) is 9.90 Å². The fourth-order valence-corrected chi connectivity index (χ4v) is 1.22. The maximum Gasteiger partial charge on any atom is 0.145 e. The highest BCUT2D eigenvalue weighted by Crippen LogP contribution is 2.22. The Kier molecular flexibility index (Phi) is 4.05. The van der Waals surface area contributed by atoms with Crippen LogP contribution in [0.15, 0.2) is 5.10 Å². The van der Waals surface area contributed by atoms with Crippen LogP contribution in [0.3, 0.4) is 0 Å². The van der Waals surface area contributed by atoms with Crippen LogP contribution < -0.4 is 5.11 Å². The van der Waals surface area contributed by atoms with E-state index < -0.39 is 5.41 Å². The summed E-state index contributed by atoms with van der Waals surface area (Å²) in [6, 6.07) is 0. The maximum atomic E-state index is 11.8. The van der Waals surface area contributed by atoms with Gasteiger partial charge in [0.25, 0.3) is 0 Å². The first kappa shape index (κ1) is 14.1. The molecule has 15 heavy (non-hydrogen) atoms. The Labute approximate surface area is 92.2 Å². The van der Waals surface area contributed by atoms with Crippen molar-refractivity contribution in [2.45, 2.75) is 27.7 Å². The Morgan fingerprint density at radius 3 is 1.93 bits per heavy atom. The highest BCUT2D eigenvalue weighted by atomic mass is 16.3. The van der Waals surface area contributed by atoms with Crippen molar-refractivity contribution in [1.82, 2.24) is 0 Å². The number of rotatable bonds is 4. The van der Waals surface area contributed by atoms with Crippen LogP contribution in [0.1, 0.15) is 27.7 Å². The molecule has 0 aliphatic heterocycles. The van der Waals surface area contributed by atoms with Crippen molar-refractivity contribution < 1.29 is 14.5 Å². The number of hydrogen-bond acceptors (Lipinski definition) is 3. The Bertz CT molecular complexity index is 273. The fraction of sp³-hybridized carbons (Fsp3) is 0.818. The molecule has 0 amide bonds. The molecule has 0 radical (unpaired) electrons. The lowest BCUT2D eigenvalue weighted by Crippen LogP contribution is -2.46.